The van der Waals surface area contributed by atoms with Crippen LogP contribution in [0.1, 0.15) is 25.3 Å². The van der Waals surface area contributed by atoms with Crippen LogP contribution in [-0.4, -0.2) is 50.0 Å². The maximum absolute atomic E-state index is 12.4. The van der Waals surface area contributed by atoms with Crippen molar-refractivity contribution in [2.24, 2.45) is 5.92 Å². The number of piperidine rings is 1. The number of hydrogen-bond donors (Lipinski definition) is 1. The van der Waals surface area contributed by atoms with Gasteiger partial charge in [0.1, 0.15) is 0 Å². The van der Waals surface area contributed by atoms with Crippen LogP contribution in [0, 0.1) is 5.92 Å². The zero-order valence-electron chi connectivity index (χ0n) is 14.9. The lowest BCUT2D eigenvalue weighted by Crippen LogP contribution is -2.49. The Balaban J connectivity index is 1.84. The molecule has 7 nitrogen and oxygen atoms in total. The van der Waals surface area contributed by atoms with Gasteiger partial charge in [0.15, 0.2) is 0 Å². The molecule has 1 fully saturated rings. The van der Waals surface area contributed by atoms with Crippen molar-refractivity contribution in [1.29, 1.82) is 0 Å². The van der Waals surface area contributed by atoms with Gasteiger partial charge < -0.3 is 4.74 Å². The molecule has 26 heavy (non-hydrogen) atoms. The Morgan fingerprint density at radius 1 is 1.27 bits per heavy atom. The number of methoxy groups -OCH3 is 1. The van der Waals surface area contributed by atoms with E-state index in [1.54, 1.807) is 6.92 Å². The number of rotatable bonds is 7. The van der Waals surface area contributed by atoms with Gasteiger partial charge >= 0.3 is 16.2 Å². The van der Waals surface area contributed by atoms with Crippen LogP contribution in [0.4, 0.5) is 0 Å². The summed E-state index contributed by atoms with van der Waals surface area (Å²) < 4.78 is 32.8. The number of hydrogen-bond acceptors (Lipinski definition) is 6. The Morgan fingerprint density at radius 2 is 1.88 bits per heavy atom. The van der Waals surface area contributed by atoms with Crippen LogP contribution in [0.15, 0.2) is 30.3 Å². The van der Waals surface area contributed by atoms with Gasteiger partial charge in [-0.1, -0.05) is 30.3 Å². The van der Waals surface area contributed by atoms with Gasteiger partial charge in [-0.25, -0.2) is 4.72 Å². The first-order chi connectivity index (χ1) is 12.3. The molecule has 1 amide bonds. The topological polar surface area (TPSA) is 92.8 Å². The molecule has 0 aromatic heterocycles. The maximum atomic E-state index is 12.4. The molecule has 1 aliphatic rings. The van der Waals surface area contributed by atoms with Gasteiger partial charge in [0.05, 0.1) is 18.3 Å². The highest BCUT2D eigenvalue weighted by molar-refractivity contribution is 8.00. The highest BCUT2D eigenvalue weighted by atomic mass is 32.2. The minimum atomic E-state index is -3.90. The average molecular weight is 401 g/mol. The Kier molecular flexibility index (Phi) is 7.48. The minimum absolute atomic E-state index is 0.188. The Morgan fingerprint density at radius 3 is 2.46 bits per heavy atom. The number of amides is 1. The summed E-state index contributed by atoms with van der Waals surface area (Å²) in [6, 6.07) is 9.67. The molecule has 1 saturated heterocycles. The summed E-state index contributed by atoms with van der Waals surface area (Å²) in [6.07, 6.45) is 0.778. The second-order valence-electron chi connectivity index (χ2n) is 6.11. The van der Waals surface area contributed by atoms with Crippen molar-refractivity contribution >= 4 is 33.8 Å². The molecule has 1 aliphatic heterocycles. The monoisotopic (exact) mass is 400 g/mol. The van der Waals surface area contributed by atoms with E-state index in [1.165, 1.54) is 23.2 Å². The van der Waals surface area contributed by atoms with Crippen LogP contribution >= 0.6 is 11.8 Å². The minimum Gasteiger partial charge on any atom is -0.469 e. The molecule has 1 aromatic carbocycles. The molecule has 0 aliphatic carbocycles. The SMILES string of the molecule is COC(=O)C1CCN(S(=O)(=O)NC(=O)C(C)SCc2ccccc2)CC1. The highest BCUT2D eigenvalue weighted by Crippen LogP contribution is 2.21. The third-order valence-electron chi connectivity index (χ3n) is 4.27. The molecule has 1 aromatic rings. The fraction of sp³-hybridized carbons (Fsp3) is 0.529. The highest BCUT2D eigenvalue weighted by Gasteiger charge is 2.33. The quantitative estimate of drug-likeness (QED) is 0.698. The molecule has 1 heterocycles. The first kappa shape index (κ1) is 20.7. The summed E-state index contributed by atoms with van der Waals surface area (Å²) in [5.41, 5.74) is 1.07. The van der Waals surface area contributed by atoms with Crippen molar-refractivity contribution in [1.82, 2.24) is 9.03 Å². The molecule has 0 bridgehead atoms. The van der Waals surface area contributed by atoms with Crippen LogP contribution in [0.5, 0.6) is 0 Å². The van der Waals surface area contributed by atoms with Crippen molar-refractivity contribution in [2.45, 2.75) is 30.8 Å². The number of thioether (sulfide) groups is 1. The van der Waals surface area contributed by atoms with Crippen LogP contribution in [0.2, 0.25) is 0 Å². The molecule has 1 N–H and O–H groups in total. The van der Waals surface area contributed by atoms with Crippen LogP contribution in [-0.2, 0) is 30.3 Å². The molecule has 0 radical (unpaired) electrons. The maximum Gasteiger partial charge on any atom is 0.308 e. The predicted molar refractivity (Wildman–Crippen MR) is 101 cm³/mol. The van der Waals surface area contributed by atoms with Gasteiger partial charge in [-0.05, 0) is 25.3 Å². The molecule has 1 unspecified atom stereocenters. The van der Waals surface area contributed by atoms with E-state index >= 15 is 0 Å². The van der Waals surface area contributed by atoms with E-state index in [2.05, 4.69) is 4.72 Å². The predicted octanol–water partition coefficient (Wildman–Crippen LogP) is 1.55. The number of esters is 1. The number of nitrogens with zero attached hydrogens (tertiary/aromatic N) is 1. The Hall–Kier alpha value is -1.58. The first-order valence-electron chi connectivity index (χ1n) is 8.38. The van der Waals surface area contributed by atoms with E-state index in [9.17, 15) is 18.0 Å². The van der Waals surface area contributed by atoms with E-state index < -0.39 is 21.4 Å². The van der Waals surface area contributed by atoms with E-state index in [0.29, 0.717) is 18.6 Å². The fourth-order valence-corrected chi connectivity index (χ4v) is 4.82. The first-order valence-corrected chi connectivity index (χ1v) is 10.9. The fourth-order valence-electron chi connectivity index (χ4n) is 2.64. The lowest BCUT2D eigenvalue weighted by Gasteiger charge is -2.30. The number of nitrogens with one attached hydrogen (secondary N) is 1. The molecule has 0 saturated carbocycles. The third-order valence-corrected chi connectivity index (χ3v) is 6.99. The van der Waals surface area contributed by atoms with Crippen LogP contribution in [0.3, 0.4) is 0 Å². The normalized spacial score (nSPS) is 17.5. The summed E-state index contributed by atoms with van der Waals surface area (Å²) in [5, 5.41) is -0.502. The zero-order chi connectivity index (χ0) is 19.2. The van der Waals surface area contributed by atoms with Gasteiger partial charge in [0.25, 0.3) is 0 Å². The second-order valence-corrected chi connectivity index (χ2v) is 9.11. The molecule has 144 valence electrons. The number of carbonyl (C=O) groups is 2. The van der Waals surface area contributed by atoms with Gasteiger partial charge in [0, 0.05) is 18.8 Å². The van der Waals surface area contributed by atoms with Crippen molar-refractivity contribution in [3.8, 4) is 0 Å². The van der Waals surface area contributed by atoms with Gasteiger partial charge in [-0.15, -0.1) is 11.8 Å². The lowest BCUT2D eigenvalue weighted by atomic mass is 9.99. The van der Waals surface area contributed by atoms with E-state index in [-0.39, 0.29) is 25.0 Å². The van der Waals surface area contributed by atoms with E-state index in [1.807, 2.05) is 30.3 Å². The Bertz CT molecular complexity index is 716. The standard InChI is InChI=1S/C17H24N2O5S2/c1-13(25-12-14-6-4-3-5-7-14)16(20)18-26(22,23)19-10-8-15(9-11-19)17(21)24-2/h3-7,13,15H,8-12H2,1-2H3,(H,18,20). The summed E-state index contributed by atoms with van der Waals surface area (Å²) in [5.74, 6) is -0.527. The Labute approximate surface area is 158 Å². The van der Waals surface area contributed by atoms with Crippen LogP contribution in [0.25, 0.3) is 0 Å². The van der Waals surface area contributed by atoms with E-state index in [0.717, 1.165) is 5.56 Å². The summed E-state index contributed by atoms with van der Waals surface area (Å²) in [6.45, 7) is 2.06. The molecule has 0 spiro atoms. The summed E-state index contributed by atoms with van der Waals surface area (Å²) in [7, 11) is -2.58. The second kappa shape index (κ2) is 9.38. The summed E-state index contributed by atoms with van der Waals surface area (Å²) in [4.78, 5) is 23.7. The van der Waals surface area contributed by atoms with E-state index in [4.69, 9.17) is 4.74 Å². The number of benzene rings is 1. The summed E-state index contributed by atoms with van der Waals surface area (Å²) >= 11 is 1.38. The van der Waals surface area contributed by atoms with Crippen molar-refractivity contribution < 1.29 is 22.7 Å². The van der Waals surface area contributed by atoms with Gasteiger partial charge in [-0.2, -0.15) is 12.7 Å². The van der Waals surface area contributed by atoms with Crippen molar-refractivity contribution in [2.75, 3.05) is 20.2 Å². The van der Waals surface area contributed by atoms with Gasteiger partial charge in [0.2, 0.25) is 5.91 Å². The van der Waals surface area contributed by atoms with Crippen molar-refractivity contribution in [3.05, 3.63) is 35.9 Å². The molecule has 1 atom stereocenters. The van der Waals surface area contributed by atoms with Gasteiger partial charge in [-0.3, -0.25) is 9.59 Å². The zero-order valence-corrected chi connectivity index (χ0v) is 16.5. The third kappa shape index (κ3) is 5.72. The lowest BCUT2D eigenvalue weighted by molar-refractivity contribution is -0.146. The molecular formula is C17H24N2O5S2. The number of carbonyl (C=O) groups excluding carboxylic acids is 2. The smallest absolute Gasteiger partial charge is 0.308 e. The van der Waals surface area contributed by atoms with Crippen LogP contribution < -0.4 is 4.72 Å². The van der Waals surface area contributed by atoms with Crippen molar-refractivity contribution in [3.63, 3.8) is 0 Å². The largest absolute Gasteiger partial charge is 0.469 e. The molecule has 2 rings (SSSR count). The molecule has 9 heteroatoms. The molecular weight excluding hydrogens is 376 g/mol. The number of ether oxygens (including phenoxy) is 1. The average Bonchev–Trinajstić information content (AvgIpc) is 2.66.